The van der Waals surface area contributed by atoms with Gasteiger partial charge in [0, 0.05) is 0 Å². The summed E-state index contributed by atoms with van der Waals surface area (Å²) in [6.07, 6.45) is -1.65. The predicted molar refractivity (Wildman–Crippen MR) is 58.4 cm³/mol. The molecule has 2 heterocycles. The first-order valence-electron chi connectivity index (χ1n) is 6.19. The fourth-order valence-electron chi connectivity index (χ4n) is 2.93. The Bertz CT molecular complexity index is 353. The first kappa shape index (κ1) is 11.6. The molecule has 0 aromatic rings. The van der Waals surface area contributed by atoms with Crippen LogP contribution in [0.4, 0.5) is 0 Å². The van der Waals surface area contributed by atoms with E-state index in [-0.39, 0.29) is 18.8 Å². The maximum Gasteiger partial charge on any atom is 0.117 e. The molecule has 0 spiro atoms. The van der Waals surface area contributed by atoms with E-state index in [0.29, 0.717) is 17.6 Å². The van der Waals surface area contributed by atoms with Crippen molar-refractivity contribution in [1.82, 2.24) is 0 Å². The molecule has 0 unspecified atom stereocenters. The van der Waals surface area contributed by atoms with Gasteiger partial charge in [0.05, 0.1) is 12.7 Å². The van der Waals surface area contributed by atoms with E-state index in [1.54, 1.807) is 0 Å². The molecule has 0 aromatic heterocycles. The summed E-state index contributed by atoms with van der Waals surface area (Å²) >= 11 is 0. The minimum absolute atomic E-state index is 0.283. The number of aliphatic hydroxyl groups is 3. The summed E-state index contributed by atoms with van der Waals surface area (Å²) in [5, 5.41) is 30.1. The monoisotopic (exact) mass is 242 g/mol. The molecule has 1 saturated heterocycles. The van der Waals surface area contributed by atoms with Gasteiger partial charge in [-0.25, -0.2) is 0 Å². The number of rotatable bonds is 3. The highest BCUT2D eigenvalue weighted by Gasteiger charge is 2.58. The second kappa shape index (κ2) is 4.03. The normalized spacial score (nSPS) is 45.5. The third-order valence-corrected chi connectivity index (χ3v) is 3.89. The number of hydrogen-bond acceptors (Lipinski definition) is 5. The molecule has 3 rings (SSSR count). The number of epoxide rings is 1. The van der Waals surface area contributed by atoms with Gasteiger partial charge >= 0.3 is 0 Å². The third-order valence-electron chi connectivity index (χ3n) is 3.89. The van der Waals surface area contributed by atoms with E-state index in [2.05, 4.69) is 0 Å². The summed E-state index contributed by atoms with van der Waals surface area (Å²) in [6.45, 7) is 2.27. The fraction of sp³-hybridized carbons (Fsp3) is 0.833. The molecule has 6 atom stereocenters. The molecule has 0 radical (unpaired) electrons. The fourth-order valence-corrected chi connectivity index (χ4v) is 2.93. The lowest BCUT2D eigenvalue weighted by molar-refractivity contribution is -0.00843. The lowest BCUT2D eigenvalue weighted by Crippen LogP contribution is -2.39. The van der Waals surface area contributed by atoms with E-state index in [9.17, 15) is 15.3 Å². The second-order valence-electron chi connectivity index (χ2n) is 5.02. The van der Waals surface area contributed by atoms with Gasteiger partial charge in [-0.1, -0.05) is 13.3 Å². The Kier molecular flexibility index (Phi) is 2.76. The van der Waals surface area contributed by atoms with E-state index in [0.717, 1.165) is 6.42 Å². The van der Waals surface area contributed by atoms with Gasteiger partial charge in [-0.05, 0) is 17.6 Å². The second-order valence-corrected chi connectivity index (χ2v) is 5.02. The first-order chi connectivity index (χ1) is 8.15. The first-order valence-corrected chi connectivity index (χ1v) is 6.19. The lowest BCUT2D eigenvalue weighted by Gasteiger charge is -2.26. The zero-order valence-corrected chi connectivity index (χ0v) is 9.74. The Labute approximate surface area is 99.7 Å². The van der Waals surface area contributed by atoms with Crippen molar-refractivity contribution in [3.8, 4) is 0 Å². The number of aliphatic hydroxyl groups excluding tert-OH is 3. The van der Waals surface area contributed by atoms with Crippen LogP contribution in [0.15, 0.2) is 11.1 Å². The van der Waals surface area contributed by atoms with E-state index in [1.807, 2.05) is 6.92 Å². The van der Waals surface area contributed by atoms with Crippen molar-refractivity contribution in [1.29, 1.82) is 0 Å². The zero-order valence-electron chi connectivity index (χ0n) is 9.74. The molecule has 0 bridgehead atoms. The molecular weight excluding hydrogens is 224 g/mol. The van der Waals surface area contributed by atoms with Gasteiger partial charge in [-0.3, -0.25) is 0 Å². The summed E-state index contributed by atoms with van der Waals surface area (Å²) in [6, 6.07) is 0. The smallest absolute Gasteiger partial charge is 0.117 e. The molecule has 1 fully saturated rings. The van der Waals surface area contributed by atoms with Crippen molar-refractivity contribution in [3.05, 3.63) is 11.1 Å². The number of fused-ring (bicyclic) bond motifs is 1. The van der Waals surface area contributed by atoms with Gasteiger partial charge < -0.3 is 24.8 Å². The van der Waals surface area contributed by atoms with Gasteiger partial charge in [0.1, 0.15) is 30.5 Å². The lowest BCUT2D eigenvalue weighted by atomic mass is 9.84. The molecule has 17 heavy (non-hydrogen) atoms. The minimum Gasteiger partial charge on any atom is -0.390 e. The van der Waals surface area contributed by atoms with Gasteiger partial charge in [-0.2, -0.15) is 0 Å². The van der Waals surface area contributed by atoms with Crippen molar-refractivity contribution >= 4 is 0 Å². The van der Waals surface area contributed by atoms with Crippen LogP contribution in [-0.2, 0) is 9.47 Å². The molecule has 96 valence electrons. The summed E-state index contributed by atoms with van der Waals surface area (Å²) in [5.41, 5.74) is 1.36. The molecule has 0 aromatic carbocycles. The molecule has 2 aliphatic heterocycles. The zero-order chi connectivity index (χ0) is 12.2. The Morgan fingerprint density at radius 1 is 1.29 bits per heavy atom. The maximum absolute atomic E-state index is 10.1. The van der Waals surface area contributed by atoms with Crippen molar-refractivity contribution < 1.29 is 24.8 Å². The van der Waals surface area contributed by atoms with Gasteiger partial charge in [0.15, 0.2) is 0 Å². The van der Waals surface area contributed by atoms with Crippen molar-refractivity contribution in [2.45, 2.75) is 56.4 Å². The van der Waals surface area contributed by atoms with Crippen LogP contribution in [0, 0.1) is 0 Å². The Hall–Kier alpha value is -0.460. The Balaban J connectivity index is 1.85. The Morgan fingerprint density at radius 3 is 2.71 bits per heavy atom. The molecule has 0 saturated carbocycles. The highest BCUT2D eigenvalue weighted by molar-refractivity contribution is 5.39. The van der Waals surface area contributed by atoms with E-state index >= 15 is 0 Å². The topological polar surface area (TPSA) is 82.5 Å². The van der Waals surface area contributed by atoms with Crippen molar-refractivity contribution in [3.63, 3.8) is 0 Å². The van der Waals surface area contributed by atoms with Crippen LogP contribution >= 0.6 is 0 Å². The highest BCUT2D eigenvalue weighted by atomic mass is 16.6. The predicted octanol–water partition coefficient (Wildman–Crippen LogP) is -0.654. The van der Waals surface area contributed by atoms with Crippen LogP contribution in [0.1, 0.15) is 19.8 Å². The number of hydrogen-bond donors (Lipinski definition) is 3. The van der Waals surface area contributed by atoms with E-state index in [4.69, 9.17) is 9.47 Å². The summed E-state index contributed by atoms with van der Waals surface area (Å²) in [5.74, 6) is 0. The van der Waals surface area contributed by atoms with E-state index < -0.39 is 24.4 Å². The van der Waals surface area contributed by atoms with Crippen LogP contribution < -0.4 is 0 Å². The average molecular weight is 242 g/mol. The van der Waals surface area contributed by atoms with Crippen molar-refractivity contribution in [2.24, 2.45) is 0 Å². The third kappa shape index (κ3) is 1.65. The highest BCUT2D eigenvalue weighted by Crippen LogP contribution is 2.45. The van der Waals surface area contributed by atoms with Crippen LogP contribution in [0.5, 0.6) is 0 Å². The van der Waals surface area contributed by atoms with Crippen LogP contribution in [0.3, 0.4) is 0 Å². The van der Waals surface area contributed by atoms with E-state index in [1.165, 1.54) is 0 Å². The molecule has 3 N–H and O–H groups in total. The average Bonchev–Trinajstić information content (AvgIpc) is 2.98. The largest absolute Gasteiger partial charge is 0.390 e. The standard InChI is InChI=1S/C12H18O5/c1-2-3-6(13)10-7-5(4-16-10)8(14)11-12(17-11)9(7)15/h6,8-15H,2-4H2,1H3/t6-,8+,9-,10-,11-,12+/m1/s1. The molecule has 5 nitrogen and oxygen atoms in total. The SMILES string of the molecule is CCC[C@@H](O)[C@H]1OCC2=C1[C@@H](O)[C@@H]1O[C@@H]1[C@H]2O. The molecule has 0 amide bonds. The van der Waals surface area contributed by atoms with Gasteiger partial charge in [0.25, 0.3) is 0 Å². The number of ether oxygens (including phenoxy) is 2. The van der Waals surface area contributed by atoms with Crippen LogP contribution in [0.2, 0.25) is 0 Å². The summed E-state index contributed by atoms with van der Waals surface area (Å²) in [7, 11) is 0. The van der Waals surface area contributed by atoms with Gasteiger partial charge in [0.2, 0.25) is 0 Å². The van der Waals surface area contributed by atoms with Crippen LogP contribution in [-0.4, -0.2) is 58.6 Å². The summed E-state index contributed by atoms with van der Waals surface area (Å²) in [4.78, 5) is 0. The molecule has 5 heteroatoms. The molecule has 3 aliphatic rings. The maximum atomic E-state index is 10.1. The Morgan fingerprint density at radius 2 is 2.00 bits per heavy atom. The summed E-state index contributed by atoms with van der Waals surface area (Å²) < 4.78 is 10.8. The van der Waals surface area contributed by atoms with Gasteiger partial charge in [-0.15, -0.1) is 0 Å². The minimum atomic E-state index is -0.739. The molecular formula is C12H18O5. The molecule has 1 aliphatic carbocycles. The van der Waals surface area contributed by atoms with Crippen LogP contribution in [0.25, 0.3) is 0 Å². The van der Waals surface area contributed by atoms with Crippen molar-refractivity contribution in [2.75, 3.05) is 6.61 Å². The quantitative estimate of drug-likeness (QED) is 0.452.